The van der Waals surface area contributed by atoms with Crippen LogP contribution in [-0.2, 0) is 29.3 Å². The molecule has 3 amide bonds. The normalized spacial score (nSPS) is 24.6. The van der Waals surface area contributed by atoms with Crippen LogP contribution in [0.1, 0.15) is 31.2 Å². The number of nitrogens with zero attached hydrogens (tertiary/aromatic N) is 2. The molecule has 7 nitrogen and oxygen atoms in total. The smallest absolute Gasteiger partial charge is 0.241 e. The highest BCUT2D eigenvalue weighted by molar-refractivity contribution is 6.32. The zero-order valence-electron chi connectivity index (χ0n) is 17.6. The number of methoxy groups -OCH3 is 2. The van der Waals surface area contributed by atoms with E-state index in [1.54, 1.807) is 36.3 Å². The predicted octanol–water partition coefficient (Wildman–Crippen LogP) is 2.26. The maximum atomic E-state index is 13.5. The fourth-order valence-electron chi connectivity index (χ4n) is 4.54. The molecule has 2 heterocycles. The second-order valence-corrected chi connectivity index (χ2v) is 8.47. The molecule has 30 heavy (non-hydrogen) atoms. The van der Waals surface area contributed by atoms with Crippen molar-refractivity contribution >= 4 is 29.3 Å². The Kier molecular flexibility index (Phi) is 7.50. The predicted molar refractivity (Wildman–Crippen MR) is 112 cm³/mol. The van der Waals surface area contributed by atoms with Crippen LogP contribution >= 0.6 is 11.6 Å². The fourth-order valence-corrected chi connectivity index (χ4v) is 4.85. The lowest BCUT2D eigenvalue weighted by Crippen LogP contribution is -2.47. The number of imide groups is 1. The van der Waals surface area contributed by atoms with Crippen LogP contribution in [0.3, 0.4) is 0 Å². The number of hydrogen-bond acceptors (Lipinski definition) is 5. The van der Waals surface area contributed by atoms with E-state index < -0.39 is 5.41 Å². The maximum absolute atomic E-state index is 13.5. The van der Waals surface area contributed by atoms with Gasteiger partial charge in [0.05, 0.1) is 25.2 Å². The molecule has 1 aromatic rings. The molecule has 2 fully saturated rings. The van der Waals surface area contributed by atoms with Gasteiger partial charge < -0.3 is 14.4 Å². The van der Waals surface area contributed by atoms with Gasteiger partial charge in [-0.05, 0) is 30.4 Å². The number of rotatable bonds is 8. The van der Waals surface area contributed by atoms with Gasteiger partial charge in [-0.25, -0.2) is 0 Å². The van der Waals surface area contributed by atoms with Crippen molar-refractivity contribution in [1.82, 2.24) is 9.80 Å². The molecule has 2 aliphatic rings. The van der Waals surface area contributed by atoms with Gasteiger partial charge in [-0.1, -0.05) is 29.8 Å². The number of benzene rings is 1. The van der Waals surface area contributed by atoms with Gasteiger partial charge in [0.15, 0.2) is 0 Å². The Morgan fingerprint density at radius 3 is 2.70 bits per heavy atom. The second kappa shape index (κ2) is 9.90. The molecule has 0 radical (unpaired) electrons. The summed E-state index contributed by atoms with van der Waals surface area (Å²) in [6, 6.07) is 6.97. The number of carbonyl (C=O) groups excluding carboxylic acids is 3. The van der Waals surface area contributed by atoms with E-state index in [1.165, 1.54) is 12.0 Å². The minimum absolute atomic E-state index is 0.0691. The van der Waals surface area contributed by atoms with Crippen LogP contribution < -0.4 is 0 Å². The SMILES string of the molecule is COCCN1C(=O)C[C@@](CC(=O)N2CCC[C@H](COC)C2)(c2ccccc2Cl)C1=O. The van der Waals surface area contributed by atoms with Crippen LogP contribution in [0.25, 0.3) is 0 Å². The Labute approximate surface area is 182 Å². The highest BCUT2D eigenvalue weighted by Crippen LogP contribution is 2.43. The number of amides is 3. The van der Waals surface area contributed by atoms with Gasteiger partial charge in [-0.3, -0.25) is 19.3 Å². The summed E-state index contributed by atoms with van der Waals surface area (Å²) in [7, 11) is 3.17. The van der Waals surface area contributed by atoms with Gasteiger partial charge in [0, 0.05) is 45.2 Å². The molecule has 0 spiro atoms. The van der Waals surface area contributed by atoms with E-state index in [0.717, 1.165) is 12.8 Å². The van der Waals surface area contributed by atoms with E-state index in [9.17, 15) is 14.4 Å². The lowest BCUT2D eigenvalue weighted by atomic mass is 9.75. The Hall–Kier alpha value is -1.96. The highest BCUT2D eigenvalue weighted by atomic mass is 35.5. The minimum atomic E-state index is -1.28. The first kappa shape index (κ1) is 22.7. The maximum Gasteiger partial charge on any atom is 0.241 e. The number of halogens is 1. The number of likely N-dealkylation sites (tertiary alicyclic amines) is 2. The lowest BCUT2D eigenvalue weighted by Gasteiger charge is -2.35. The zero-order chi connectivity index (χ0) is 21.7. The molecule has 0 bridgehead atoms. The summed E-state index contributed by atoms with van der Waals surface area (Å²) in [5, 5.41) is 0.385. The van der Waals surface area contributed by atoms with Crippen LogP contribution in [0.4, 0.5) is 0 Å². The molecule has 0 aromatic heterocycles. The van der Waals surface area contributed by atoms with Crippen molar-refractivity contribution in [2.75, 3.05) is 47.1 Å². The van der Waals surface area contributed by atoms with Gasteiger partial charge in [0.1, 0.15) is 0 Å². The molecule has 164 valence electrons. The van der Waals surface area contributed by atoms with Gasteiger partial charge in [0.2, 0.25) is 17.7 Å². The van der Waals surface area contributed by atoms with Crippen LogP contribution in [0, 0.1) is 5.92 Å². The highest BCUT2D eigenvalue weighted by Gasteiger charge is 2.54. The van der Waals surface area contributed by atoms with Crippen molar-refractivity contribution in [3.63, 3.8) is 0 Å². The van der Waals surface area contributed by atoms with Crippen molar-refractivity contribution in [3.05, 3.63) is 34.9 Å². The van der Waals surface area contributed by atoms with Crippen LogP contribution in [0.2, 0.25) is 5.02 Å². The number of hydrogen-bond donors (Lipinski definition) is 0. The standard InChI is InChI=1S/C22H29ClN2O5/c1-29-11-10-25-20(27)13-22(21(25)28,17-7-3-4-8-18(17)23)12-19(26)24-9-5-6-16(14-24)15-30-2/h3-4,7-8,16H,5-6,9-15H2,1-2H3/t16-,22-/m0/s1. The minimum Gasteiger partial charge on any atom is -0.384 e. The van der Waals surface area contributed by atoms with E-state index in [0.29, 0.717) is 30.3 Å². The molecule has 8 heteroatoms. The number of piperidine rings is 1. The summed E-state index contributed by atoms with van der Waals surface area (Å²) >= 11 is 6.44. The molecular weight excluding hydrogens is 408 g/mol. The Balaban J connectivity index is 1.90. The molecule has 0 unspecified atom stereocenters. The molecule has 2 saturated heterocycles. The Morgan fingerprint density at radius 2 is 2.00 bits per heavy atom. The molecule has 0 aliphatic carbocycles. The summed E-state index contributed by atoms with van der Waals surface area (Å²) in [4.78, 5) is 42.5. The molecule has 0 saturated carbocycles. The van der Waals surface area contributed by atoms with Crippen molar-refractivity contribution in [1.29, 1.82) is 0 Å². The summed E-state index contributed by atoms with van der Waals surface area (Å²) in [6.07, 6.45) is 1.76. The summed E-state index contributed by atoms with van der Waals surface area (Å²) < 4.78 is 10.3. The van der Waals surface area contributed by atoms with Gasteiger partial charge in [-0.15, -0.1) is 0 Å². The average molecular weight is 437 g/mol. The van der Waals surface area contributed by atoms with Crippen LogP contribution in [0.15, 0.2) is 24.3 Å². The monoisotopic (exact) mass is 436 g/mol. The van der Waals surface area contributed by atoms with Gasteiger partial charge >= 0.3 is 0 Å². The van der Waals surface area contributed by atoms with E-state index in [-0.39, 0.29) is 49.6 Å². The lowest BCUT2D eigenvalue weighted by molar-refractivity contribution is -0.143. The van der Waals surface area contributed by atoms with Crippen molar-refractivity contribution in [3.8, 4) is 0 Å². The van der Waals surface area contributed by atoms with E-state index in [2.05, 4.69) is 0 Å². The third kappa shape index (κ3) is 4.53. The third-order valence-corrected chi connectivity index (χ3v) is 6.37. The number of ether oxygens (including phenoxy) is 2. The van der Waals surface area contributed by atoms with Crippen LogP contribution in [0.5, 0.6) is 0 Å². The summed E-state index contributed by atoms with van der Waals surface area (Å²) in [6.45, 7) is 2.25. The first-order valence-electron chi connectivity index (χ1n) is 10.3. The van der Waals surface area contributed by atoms with Gasteiger partial charge in [0.25, 0.3) is 0 Å². The van der Waals surface area contributed by atoms with Crippen molar-refractivity contribution in [2.45, 2.75) is 31.1 Å². The third-order valence-electron chi connectivity index (χ3n) is 6.04. The topological polar surface area (TPSA) is 76.2 Å². The molecule has 2 atom stereocenters. The second-order valence-electron chi connectivity index (χ2n) is 8.06. The molecular formula is C22H29ClN2O5. The largest absolute Gasteiger partial charge is 0.384 e. The average Bonchev–Trinajstić information content (AvgIpc) is 2.97. The summed E-state index contributed by atoms with van der Waals surface area (Å²) in [5.74, 6) is -0.536. The van der Waals surface area contributed by atoms with Crippen molar-refractivity contribution < 1.29 is 23.9 Å². The van der Waals surface area contributed by atoms with Crippen molar-refractivity contribution in [2.24, 2.45) is 5.92 Å². The zero-order valence-corrected chi connectivity index (χ0v) is 18.3. The first-order valence-corrected chi connectivity index (χ1v) is 10.7. The summed E-state index contributed by atoms with van der Waals surface area (Å²) in [5.41, 5.74) is -0.752. The number of carbonyl (C=O) groups is 3. The van der Waals surface area contributed by atoms with E-state index in [4.69, 9.17) is 21.1 Å². The Bertz CT molecular complexity index is 799. The molecule has 0 N–H and O–H groups in total. The van der Waals surface area contributed by atoms with Gasteiger partial charge in [-0.2, -0.15) is 0 Å². The Morgan fingerprint density at radius 1 is 1.23 bits per heavy atom. The first-order chi connectivity index (χ1) is 14.4. The molecule has 1 aromatic carbocycles. The fraction of sp³-hybridized carbons (Fsp3) is 0.591. The molecule has 2 aliphatic heterocycles. The van der Waals surface area contributed by atoms with E-state index in [1.807, 2.05) is 0 Å². The molecule has 3 rings (SSSR count). The quantitative estimate of drug-likeness (QED) is 0.584. The van der Waals surface area contributed by atoms with Crippen LogP contribution in [-0.4, -0.2) is 74.6 Å². The van der Waals surface area contributed by atoms with E-state index >= 15 is 0 Å².